The van der Waals surface area contributed by atoms with E-state index in [-0.39, 0.29) is 56.0 Å². The molecule has 4 rings (SSSR count). The van der Waals surface area contributed by atoms with Crippen molar-refractivity contribution in [2.24, 2.45) is 5.41 Å². The normalized spacial score (nSPS) is 37.5. The topological polar surface area (TPSA) is 180 Å². The van der Waals surface area contributed by atoms with Crippen molar-refractivity contribution in [3.8, 4) is 0 Å². The van der Waals surface area contributed by atoms with E-state index in [2.05, 4.69) is 13.5 Å². The molecule has 3 saturated heterocycles. The van der Waals surface area contributed by atoms with Gasteiger partial charge in [0.25, 0.3) is 0 Å². The number of carbonyl (C=O) groups excluding carboxylic acids is 2. The summed E-state index contributed by atoms with van der Waals surface area (Å²) in [5.74, 6) is -4.70. The van der Waals surface area contributed by atoms with Crippen molar-refractivity contribution < 1.29 is 63.2 Å². The third-order valence-electron chi connectivity index (χ3n) is 10.8. The number of unbranched alkanes of at least 4 members (excludes halogenated alkanes) is 4. The Bertz CT molecular complexity index is 1280. The molecule has 0 saturated carbocycles. The Morgan fingerprint density at radius 1 is 1.06 bits per heavy atom. The summed E-state index contributed by atoms with van der Waals surface area (Å²) in [6.07, 6.45) is 5.54. The summed E-state index contributed by atoms with van der Waals surface area (Å²) in [6, 6.07) is 0. The molecule has 2 unspecified atom stereocenters. The Balaban J connectivity index is 1.72. The van der Waals surface area contributed by atoms with Gasteiger partial charge in [-0.2, -0.15) is 0 Å². The molecule has 13 nitrogen and oxygen atoms in total. The van der Waals surface area contributed by atoms with Gasteiger partial charge in [0.1, 0.15) is 6.10 Å². The molecule has 0 aromatic carbocycles. The fraction of sp³-hybridized carbons (Fsp3) is 0.800. The summed E-state index contributed by atoms with van der Waals surface area (Å²) in [4.78, 5) is 26.1. The first kappa shape index (κ1) is 43.4. The Kier molecular flexibility index (Phi) is 15.9. The van der Waals surface area contributed by atoms with E-state index in [1.165, 1.54) is 13.2 Å². The first-order valence-corrected chi connectivity index (χ1v) is 19.5. The molecule has 3 fully saturated rings. The quantitative estimate of drug-likeness (QED) is 0.107. The third-order valence-corrected chi connectivity index (χ3v) is 10.8. The van der Waals surface area contributed by atoms with Crippen LogP contribution in [0.15, 0.2) is 36.1 Å². The predicted octanol–water partition coefficient (Wildman–Crippen LogP) is 5.02. The van der Waals surface area contributed by atoms with Crippen LogP contribution in [0.25, 0.3) is 0 Å². The summed E-state index contributed by atoms with van der Waals surface area (Å²) >= 11 is 0. The molecular formula is C40H64O13. The van der Waals surface area contributed by atoms with Gasteiger partial charge in [-0.3, -0.25) is 4.79 Å². The smallest absolute Gasteiger partial charge is 0.330 e. The lowest BCUT2D eigenvalue weighted by molar-refractivity contribution is -0.327. The third kappa shape index (κ3) is 12.3. The van der Waals surface area contributed by atoms with Gasteiger partial charge in [-0.15, -0.1) is 0 Å². The molecule has 13 heteroatoms. The number of methoxy groups -OCH3 is 1. The van der Waals surface area contributed by atoms with Gasteiger partial charge in [-0.1, -0.05) is 59.1 Å². The maximum absolute atomic E-state index is 13.3. The Morgan fingerprint density at radius 3 is 2.53 bits per heavy atom. The van der Waals surface area contributed by atoms with Gasteiger partial charge in [0.15, 0.2) is 18.2 Å². The van der Waals surface area contributed by atoms with Crippen LogP contribution in [-0.4, -0.2) is 107 Å². The fourth-order valence-electron chi connectivity index (χ4n) is 7.69. The number of hydrogen-bond acceptors (Lipinski definition) is 13. The largest absolute Gasteiger partial charge is 0.493 e. The number of esters is 2. The lowest BCUT2D eigenvalue weighted by Gasteiger charge is -2.51. The summed E-state index contributed by atoms with van der Waals surface area (Å²) in [6.45, 7) is 11.5. The number of carbonyl (C=O) groups is 2. The lowest BCUT2D eigenvalue weighted by atomic mass is 9.74. The summed E-state index contributed by atoms with van der Waals surface area (Å²) in [7, 11) is 1.23. The van der Waals surface area contributed by atoms with Gasteiger partial charge in [0.2, 0.25) is 5.79 Å². The first-order chi connectivity index (χ1) is 25.1. The molecule has 53 heavy (non-hydrogen) atoms. The van der Waals surface area contributed by atoms with E-state index in [4.69, 9.17) is 33.2 Å². The Hall–Kier alpha value is -2.36. The molecule has 0 aromatic heterocycles. The van der Waals surface area contributed by atoms with E-state index in [1.54, 1.807) is 32.9 Å². The average Bonchev–Trinajstić information content (AvgIpc) is 3.08. The van der Waals surface area contributed by atoms with E-state index >= 15 is 0 Å². The van der Waals surface area contributed by atoms with Crippen LogP contribution in [0.4, 0.5) is 0 Å². The van der Waals surface area contributed by atoms with Gasteiger partial charge in [-0.05, 0) is 50.7 Å². The zero-order valence-electron chi connectivity index (χ0n) is 32.3. The van der Waals surface area contributed by atoms with Gasteiger partial charge >= 0.3 is 11.9 Å². The van der Waals surface area contributed by atoms with Crippen LogP contribution in [-0.2, 0) is 42.7 Å². The fourth-order valence-corrected chi connectivity index (χ4v) is 7.69. The molecule has 4 N–H and O–H groups in total. The molecule has 302 valence electrons. The van der Waals surface area contributed by atoms with Crippen LogP contribution < -0.4 is 0 Å². The Morgan fingerprint density at radius 2 is 1.81 bits per heavy atom. The molecule has 0 spiro atoms. The highest BCUT2D eigenvalue weighted by Crippen LogP contribution is 2.47. The molecule has 0 amide bonds. The van der Waals surface area contributed by atoms with Crippen molar-refractivity contribution >= 4 is 11.9 Å². The zero-order valence-corrected chi connectivity index (χ0v) is 32.3. The standard InChI is InChI=1S/C40H64O13/c1-7-8-9-10-11-14-34(43)51-37-28(22-35(44)47-6)21-32-24-33(27(3)41)49-26(2)20-29(42)23-30-13-12-17-39(45,52-30)25-31-16-19-48-36(50-31)15-18-38(4,5)40(37,46)53-32/h15,18,22,27,29-33,36-37,41-42,45-46H,2,7-14,16-17,19-21,23-25H2,1,3-6H3/b18-15+,28-22+/t27-,29+,30+,31+,32?,33?,36+,37+,39-,40-/m1/s1. The summed E-state index contributed by atoms with van der Waals surface area (Å²) in [5.41, 5.74) is -1.03. The molecule has 0 aromatic rings. The number of aliphatic hydroxyl groups excluding tert-OH is 2. The first-order valence-electron chi connectivity index (χ1n) is 19.5. The van der Waals surface area contributed by atoms with Crippen LogP contribution in [0.5, 0.6) is 0 Å². The number of ether oxygens (including phenoxy) is 7. The van der Waals surface area contributed by atoms with E-state index in [0.29, 0.717) is 38.7 Å². The maximum Gasteiger partial charge on any atom is 0.330 e. The van der Waals surface area contributed by atoms with E-state index in [0.717, 1.165) is 25.7 Å². The average molecular weight is 753 g/mol. The zero-order chi connectivity index (χ0) is 38.8. The van der Waals surface area contributed by atoms with E-state index in [9.17, 15) is 30.0 Å². The highest BCUT2D eigenvalue weighted by molar-refractivity contribution is 5.83. The van der Waals surface area contributed by atoms with E-state index in [1.807, 2.05) is 0 Å². The molecule has 4 aliphatic heterocycles. The van der Waals surface area contributed by atoms with Crippen LogP contribution >= 0.6 is 0 Å². The van der Waals surface area contributed by atoms with Gasteiger partial charge < -0.3 is 53.6 Å². The van der Waals surface area contributed by atoms with Crippen LogP contribution in [0.1, 0.15) is 124 Å². The van der Waals surface area contributed by atoms with Crippen LogP contribution in [0.2, 0.25) is 0 Å². The van der Waals surface area contributed by atoms with E-state index < -0.39 is 71.8 Å². The number of fused-ring (bicyclic) bond motifs is 6. The molecule has 10 atom stereocenters. The monoisotopic (exact) mass is 752 g/mol. The van der Waals surface area contributed by atoms with Crippen molar-refractivity contribution in [3.05, 3.63) is 36.1 Å². The SMILES string of the molecule is C=C1C[C@H](O)C[C@@H]2CCC[C@](O)(C[C@@H]3CCO[C@H](/C=C/C(C)(C)[C@]4(O)OC(C/C(=C\C(=O)OC)[C@@H]4OC(=O)CCCCCCC)CC([C@@H](C)O)O1)O3)O2. The van der Waals surface area contributed by atoms with Crippen molar-refractivity contribution in [2.75, 3.05) is 13.7 Å². The second-order valence-corrected chi connectivity index (χ2v) is 15.8. The number of hydrogen-bond donors (Lipinski definition) is 4. The Labute approximate surface area is 314 Å². The van der Waals surface area contributed by atoms with Gasteiger partial charge in [-0.25, -0.2) is 4.79 Å². The van der Waals surface area contributed by atoms with Crippen molar-refractivity contribution in [1.29, 1.82) is 0 Å². The number of aliphatic hydroxyl groups is 4. The lowest BCUT2D eigenvalue weighted by Crippen LogP contribution is -2.62. The molecule has 4 aliphatic rings. The highest BCUT2D eigenvalue weighted by Gasteiger charge is 2.57. The van der Waals surface area contributed by atoms with Crippen molar-refractivity contribution in [3.63, 3.8) is 0 Å². The molecular weight excluding hydrogens is 688 g/mol. The minimum Gasteiger partial charge on any atom is -0.493 e. The van der Waals surface area contributed by atoms with Crippen molar-refractivity contribution in [1.82, 2.24) is 0 Å². The van der Waals surface area contributed by atoms with Crippen LogP contribution in [0.3, 0.4) is 0 Å². The highest BCUT2D eigenvalue weighted by atomic mass is 16.7. The van der Waals surface area contributed by atoms with Gasteiger partial charge in [0, 0.05) is 50.0 Å². The molecule has 0 radical (unpaired) electrons. The second kappa shape index (κ2) is 19.5. The minimum absolute atomic E-state index is 0.0424. The minimum atomic E-state index is -2.24. The number of rotatable bonds is 9. The van der Waals surface area contributed by atoms with Crippen LogP contribution in [0, 0.1) is 5.41 Å². The molecule has 6 bridgehead atoms. The maximum atomic E-state index is 13.3. The molecule has 0 aliphatic carbocycles. The predicted molar refractivity (Wildman–Crippen MR) is 194 cm³/mol. The summed E-state index contributed by atoms with van der Waals surface area (Å²) in [5, 5.41) is 46.1. The summed E-state index contributed by atoms with van der Waals surface area (Å²) < 4.78 is 41.9. The second-order valence-electron chi connectivity index (χ2n) is 15.8. The molecule has 4 heterocycles. The van der Waals surface area contributed by atoms with Crippen molar-refractivity contribution in [2.45, 2.75) is 185 Å². The van der Waals surface area contributed by atoms with Gasteiger partial charge in [0.05, 0.1) is 50.0 Å².